The van der Waals surface area contributed by atoms with E-state index in [0.29, 0.717) is 32.9 Å². The summed E-state index contributed by atoms with van der Waals surface area (Å²) in [6, 6.07) is 8.69. The molecule has 1 amide bonds. The van der Waals surface area contributed by atoms with Crippen LogP contribution < -0.4 is 19.5 Å². The Balaban J connectivity index is 2.09. The van der Waals surface area contributed by atoms with Crippen LogP contribution >= 0.6 is 23.2 Å². The lowest BCUT2D eigenvalue weighted by molar-refractivity contribution is -0.116. The molecule has 2 aromatic rings. The molecule has 0 radical (unpaired) electrons. The summed E-state index contributed by atoms with van der Waals surface area (Å²) < 4.78 is 15.9. The van der Waals surface area contributed by atoms with Crippen molar-refractivity contribution in [3.8, 4) is 17.2 Å². The Hall–Kier alpha value is -2.37. The highest BCUT2D eigenvalue weighted by molar-refractivity contribution is 6.42. The normalized spacial score (nSPS) is 10.7. The second kappa shape index (κ2) is 9.36. The van der Waals surface area contributed by atoms with Crippen molar-refractivity contribution >= 4 is 35.2 Å². The number of halogens is 2. The number of nitrogens with one attached hydrogen (secondary N) is 1. The van der Waals surface area contributed by atoms with Crippen molar-refractivity contribution in [3.63, 3.8) is 0 Å². The summed E-state index contributed by atoms with van der Waals surface area (Å²) in [5.41, 5.74) is 1.42. The zero-order valence-electron chi connectivity index (χ0n) is 14.6. The average Bonchev–Trinajstić information content (AvgIpc) is 2.66. The number of carbonyl (C=O) groups excluding carboxylic acids is 1. The molecule has 0 spiro atoms. The molecular weight excluding hydrogens is 377 g/mol. The zero-order chi connectivity index (χ0) is 19.1. The lowest BCUT2D eigenvalue weighted by Crippen LogP contribution is -2.20. The average molecular weight is 396 g/mol. The minimum Gasteiger partial charge on any atom is -0.496 e. The Morgan fingerprint density at radius 2 is 1.69 bits per heavy atom. The second-order valence-corrected chi connectivity index (χ2v) is 6.00. The fraction of sp³-hybridized carbons (Fsp3) is 0.211. The van der Waals surface area contributed by atoms with Crippen LogP contribution in [0, 0.1) is 0 Å². The number of benzene rings is 2. The maximum atomic E-state index is 12.1. The summed E-state index contributed by atoms with van der Waals surface area (Å²) in [5, 5.41) is 3.63. The second-order valence-electron chi connectivity index (χ2n) is 5.21. The van der Waals surface area contributed by atoms with Crippen LogP contribution in [0.25, 0.3) is 6.08 Å². The fourth-order valence-corrected chi connectivity index (χ4v) is 2.66. The number of methoxy groups -OCH3 is 3. The van der Waals surface area contributed by atoms with Gasteiger partial charge in [0.25, 0.3) is 0 Å². The number of amides is 1. The smallest absolute Gasteiger partial charge is 0.244 e. The van der Waals surface area contributed by atoms with E-state index in [9.17, 15) is 4.79 Å². The molecule has 26 heavy (non-hydrogen) atoms. The van der Waals surface area contributed by atoms with Crippen molar-refractivity contribution in [3.05, 3.63) is 57.6 Å². The zero-order valence-corrected chi connectivity index (χ0v) is 16.1. The van der Waals surface area contributed by atoms with Crippen molar-refractivity contribution in [2.24, 2.45) is 0 Å². The molecular formula is C19H19Cl2NO4. The lowest BCUT2D eigenvalue weighted by atomic mass is 10.1. The Bertz CT molecular complexity index is 821. The van der Waals surface area contributed by atoms with Crippen LogP contribution in [0.15, 0.2) is 36.4 Å². The third kappa shape index (κ3) is 4.84. The summed E-state index contributed by atoms with van der Waals surface area (Å²) in [6.07, 6.45) is 3.00. The molecule has 0 bridgehead atoms. The highest BCUT2D eigenvalue weighted by Gasteiger charge is 2.12. The molecule has 0 heterocycles. The third-order valence-corrected chi connectivity index (χ3v) is 4.47. The molecule has 0 aliphatic rings. The van der Waals surface area contributed by atoms with E-state index in [1.807, 2.05) is 0 Å². The van der Waals surface area contributed by atoms with Crippen molar-refractivity contribution in [1.82, 2.24) is 5.32 Å². The van der Waals surface area contributed by atoms with Gasteiger partial charge >= 0.3 is 0 Å². The van der Waals surface area contributed by atoms with Gasteiger partial charge in [0.05, 0.1) is 31.4 Å². The quantitative estimate of drug-likeness (QED) is 0.708. The van der Waals surface area contributed by atoms with Gasteiger partial charge in [0.1, 0.15) is 5.75 Å². The van der Waals surface area contributed by atoms with E-state index in [-0.39, 0.29) is 12.5 Å². The number of hydrogen-bond acceptors (Lipinski definition) is 4. The van der Waals surface area contributed by atoms with Crippen molar-refractivity contribution < 1.29 is 19.0 Å². The highest BCUT2D eigenvalue weighted by atomic mass is 35.5. The first kappa shape index (κ1) is 19.9. The highest BCUT2D eigenvalue weighted by Crippen LogP contribution is 2.34. The van der Waals surface area contributed by atoms with E-state index in [1.54, 1.807) is 57.7 Å². The fourth-order valence-electron chi connectivity index (χ4n) is 2.29. The Kier molecular flexibility index (Phi) is 7.18. The van der Waals surface area contributed by atoms with Crippen LogP contribution in [0.3, 0.4) is 0 Å². The molecule has 2 aromatic carbocycles. The maximum absolute atomic E-state index is 12.1. The van der Waals surface area contributed by atoms with E-state index in [2.05, 4.69) is 5.32 Å². The summed E-state index contributed by atoms with van der Waals surface area (Å²) in [4.78, 5) is 12.1. The van der Waals surface area contributed by atoms with Gasteiger partial charge in [-0.3, -0.25) is 4.79 Å². The molecule has 138 valence electrons. The lowest BCUT2D eigenvalue weighted by Gasteiger charge is -2.14. The van der Waals surface area contributed by atoms with Crippen LogP contribution in [0.1, 0.15) is 11.1 Å². The van der Waals surface area contributed by atoms with Gasteiger partial charge in [0.2, 0.25) is 5.91 Å². The third-order valence-electron chi connectivity index (χ3n) is 3.64. The summed E-state index contributed by atoms with van der Waals surface area (Å²) in [6.45, 7) is 0.260. The van der Waals surface area contributed by atoms with Crippen molar-refractivity contribution in [1.29, 1.82) is 0 Å². The summed E-state index contributed by atoms with van der Waals surface area (Å²) in [7, 11) is 4.64. The van der Waals surface area contributed by atoms with Crippen molar-refractivity contribution in [2.45, 2.75) is 6.54 Å². The first-order chi connectivity index (χ1) is 12.5. The first-order valence-corrected chi connectivity index (χ1v) is 8.44. The van der Waals surface area contributed by atoms with Crippen LogP contribution in [0.4, 0.5) is 0 Å². The van der Waals surface area contributed by atoms with Gasteiger partial charge in [-0.05, 0) is 23.8 Å². The van der Waals surface area contributed by atoms with Crippen LogP contribution in [0.2, 0.25) is 10.0 Å². The molecule has 0 saturated heterocycles. The molecule has 0 aliphatic heterocycles. The number of hydrogen-bond donors (Lipinski definition) is 1. The molecule has 0 unspecified atom stereocenters. The monoisotopic (exact) mass is 395 g/mol. The molecule has 0 aromatic heterocycles. The molecule has 0 atom stereocenters. The van der Waals surface area contributed by atoms with Gasteiger partial charge in [-0.15, -0.1) is 0 Å². The molecule has 0 saturated carbocycles. The van der Waals surface area contributed by atoms with Crippen molar-refractivity contribution in [2.75, 3.05) is 21.3 Å². The van der Waals surface area contributed by atoms with E-state index >= 15 is 0 Å². The topological polar surface area (TPSA) is 56.8 Å². The van der Waals surface area contributed by atoms with E-state index in [4.69, 9.17) is 37.4 Å². The number of ether oxygens (including phenoxy) is 3. The minimum atomic E-state index is -0.280. The van der Waals surface area contributed by atoms with E-state index in [1.165, 1.54) is 6.08 Å². The molecule has 5 nitrogen and oxygen atoms in total. The van der Waals surface area contributed by atoms with Crippen LogP contribution in [0.5, 0.6) is 17.2 Å². The predicted octanol–water partition coefficient (Wildman–Crippen LogP) is 4.35. The maximum Gasteiger partial charge on any atom is 0.244 e. The number of rotatable bonds is 7. The SMILES string of the molecule is COc1cc(OC)c(OC)cc1CNC(=O)/C=C/c1cccc(Cl)c1Cl. The Morgan fingerprint density at radius 3 is 2.35 bits per heavy atom. The molecule has 7 heteroatoms. The first-order valence-electron chi connectivity index (χ1n) is 7.69. The molecule has 0 aliphatic carbocycles. The summed E-state index contributed by atoms with van der Waals surface area (Å²) >= 11 is 12.0. The van der Waals surface area contributed by atoms with Gasteiger partial charge in [0, 0.05) is 24.3 Å². The predicted molar refractivity (Wildman–Crippen MR) is 103 cm³/mol. The van der Waals surface area contributed by atoms with Gasteiger partial charge in [-0.2, -0.15) is 0 Å². The van der Waals surface area contributed by atoms with Gasteiger partial charge in [0.15, 0.2) is 11.5 Å². The Morgan fingerprint density at radius 1 is 1.04 bits per heavy atom. The largest absolute Gasteiger partial charge is 0.496 e. The summed E-state index contributed by atoms with van der Waals surface area (Å²) in [5.74, 6) is 1.41. The Labute approximate surface area is 162 Å². The van der Waals surface area contributed by atoms with Gasteiger partial charge < -0.3 is 19.5 Å². The minimum absolute atomic E-state index is 0.260. The van der Waals surface area contributed by atoms with E-state index < -0.39 is 0 Å². The molecule has 0 fully saturated rings. The van der Waals surface area contributed by atoms with Crippen LogP contribution in [-0.2, 0) is 11.3 Å². The molecule has 2 rings (SSSR count). The van der Waals surface area contributed by atoms with Crippen LogP contribution in [-0.4, -0.2) is 27.2 Å². The molecule has 1 N–H and O–H groups in total. The van der Waals surface area contributed by atoms with E-state index in [0.717, 1.165) is 5.56 Å². The van der Waals surface area contributed by atoms with Gasteiger partial charge in [-0.1, -0.05) is 35.3 Å². The number of carbonyl (C=O) groups is 1. The van der Waals surface area contributed by atoms with Gasteiger partial charge in [-0.25, -0.2) is 0 Å². The standard InChI is InChI=1S/C19H19Cl2NO4/c1-24-15-10-17(26-3)16(25-2)9-13(15)11-22-18(23)8-7-12-5-4-6-14(20)19(12)21/h4-10H,11H2,1-3H3,(H,22,23)/b8-7+.